The van der Waals surface area contributed by atoms with Gasteiger partial charge < -0.3 is 19.5 Å². The fourth-order valence-corrected chi connectivity index (χ4v) is 2.83. The number of carbonyl (C=O) groups is 2. The fraction of sp³-hybridized carbons (Fsp3) is 0.200. The van der Waals surface area contributed by atoms with Gasteiger partial charge in [-0.2, -0.15) is 0 Å². The quantitative estimate of drug-likeness (QED) is 0.627. The Labute approximate surface area is 157 Å². The van der Waals surface area contributed by atoms with Crippen molar-refractivity contribution in [3.05, 3.63) is 59.3 Å². The number of hydrogen-bond acceptors (Lipinski definition) is 5. The predicted octanol–water partition coefficient (Wildman–Crippen LogP) is 2.81. The molecule has 140 valence electrons. The summed E-state index contributed by atoms with van der Waals surface area (Å²) in [7, 11) is 4.54. The predicted molar refractivity (Wildman–Crippen MR) is 99.6 cm³/mol. The maximum absolute atomic E-state index is 12.6. The molecule has 7 nitrogen and oxygen atoms in total. The van der Waals surface area contributed by atoms with Crippen LogP contribution in [0.1, 0.15) is 11.1 Å². The summed E-state index contributed by atoms with van der Waals surface area (Å²) in [6.45, 7) is 0.206. The monoisotopic (exact) mass is 368 g/mol. The largest absolute Gasteiger partial charge is 0.493 e. The molecule has 0 bridgehead atoms. The van der Waals surface area contributed by atoms with Crippen LogP contribution in [0.2, 0.25) is 0 Å². The molecule has 1 N–H and O–H groups in total. The molecule has 2 aromatic carbocycles. The highest BCUT2D eigenvalue weighted by Crippen LogP contribution is 2.38. The third-order valence-corrected chi connectivity index (χ3v) is 4.14. The van der Waals surface area contributed by atoms with Crippen molar-refractivity contribution in [1.82, 2.24) is 10.2 Å². The molecule has 0 unspecified atom stereocenters. The molecular weight excluding hydrogens is 348 g/mol. The lowest BCUT2D eigenvalue weighted by molar-refractivity contribution is -0.123. The Bertz CT molecular complexity index is 867. The molecule has 27 heavy (non-hydrogen) atoms. The number of ether oxygens (including phenoxy) is 3. The summed E-state index contributed by atoms with van der Waals surface area (Å²) in [5.41, 5.74) is 1.69. The van der Waals surface area contributed by atoms with Gasteiger partial charge in [0.2, 0.25) is 5.75 Å². The number of nitrogens with zero attached hydrogens (tertiary/aromatic N) is 1. The van der Waals surface area contributed by atoms with Crippen molar-refractivity contribution in [2.24, 2.45) is 0 Å². The maximum atomic E-state index is 12.6. The molecule has 0 spiro atoms. The number of amides is 3. The molecular formula is C20H20N2O5. The van der Waals surface area contributed by atoms with Gasteiger partial charge in [-0.1, -0.05) is 30.3 Å². The van der Waals surface area contributed by atoms with Crippen molar-refractivity contribution in [2.75, 3.05) is 21.3 Å². The molecule has 0 saturated carbocycles. The molecule has 1 aliphatic heterocycles. The van der Waals surface area contributed by atoms with E-state index in [1.165, 1.54) is 26.2 Å². The molecule has 0 atom stereocenters. The highest BCUT2D eigenvalue weighted by atomic mass is 16.5. The average molecular weight is 368 g/mol. The van der Waals surface area contributed by atoms with Crippen LogP contribution in [0.15, 0.2) is 48.2 Å². The van der Waals surface area contributed by atoms with Crippen LogP contribution in [0.3, 0.4) is 0 Å². The third kappa shape index (κ3) is 3.72. The van der Waals surface area contributed by atoms with Crippen LogP contribution in [0.5, 0.6) is 17.2 Å². The molecule has 3 rings (SSSR count). The van der Waals surface area contributed by atoms with E-state index in [0.717, 1.165) is 5.56 Å². The first kappa shape index (κ1) is 18.3. The van der Waals surface area contributed by atoms with E-state index < -0.39 is 11.9 Å². The van der Waals surface area contributed by atoms with E-state index in [-0.39, 0.29) is 12.2 Å². The average Bonchev–Trinajstić information content (AvgIpc) is 2.95. The van der Waals surface area contributed by atoms with E-state index in [1.807, 2.05) is 30.3 Å². The van der Waals surface area contributed by atoms with E-state index in [2.05, 4.69) is 5.32 Å². The van der Waals surface area contributed by atoms with Gasteiger partial charge in [0.25, 0.3) is 5.91 Å². The molecule has 2 aromatic rings. The number of urea groups is 1. The second kappa shape index (κ2) is 7.82. The Balaban J connectivity index is 1.89. The van der Waals surface area contributed by atoms with Gasteiger partial charge in [-0.3, -0.25) is 9.69 Å². The molecule has 0 radical (unpaired) electrons. The van der Waals surface area contributed by atoms with Crippen LogP contribution in [0.4, 0.5) is 4.79 Å². The lowest BCUT2D eigenvalue weighted by Crippen LogP contribution is -2.30. The van der Waals surface area contributed by atoms with Crippen molar-refractivity contribution in [1.29, 1.82) is 0 Å². The van der Waals surface area contributed by atoms with Gasteiger partial charge in [-0.25, -0.2) is 4.79 Å². The third-order valence-electron chi connectivity index (χ3n) is 4.14. The Hall–Kier alpha value is -3.48. The lowest BCUT2D eigenvalue weighted by atomic mass is 10.1. The van der Waals surface area contributed by atoms with Crippen LogP contribution in [0.25, 0.3) is 6.08 Å². The van der Waals surface area contributed by atoms with Crippen LogP contribution in [-0.2, 0) is 11.3 Å². The Morgan fingerprint density at radius 3 is 2.15 bits per heavy atom. The van der Waals surface area contributed by atoms with E-state index in [1.54, 1.807) is 18.2 Å². The Morgan fingerprint density at radius 1 is 0.963 bits per heavy atom. The van der Waals surface area contributed by atoms with Crippen LogP contribution in [-0.4, -0.2) is 38.2 Å². The van der Waals surface area contributed by atoms with E-state index in [9.17, 15) is 9.59 Å². The summed E-state index contributed by atoms with van der Waals surface area (Å²) in [4.78, 5) is 26.0. The number of hydrogen-bond donors (Lipinski definition) is 1. The van der Waals surface area contributed by atoms with Crippen molar-refractivity contribution >= 4 is 18.0 Å². The van der Waals surface area contributed by atoms with Gasteiger partial charge in [-0.15, -0.1) is 0 Å². The summed E-state index contributed by atoms with van der Waals surface area (Å²) < 4.78 is 15.9. The topological polar surface area (TPSA) is 77.1 Å². The minimum absolute atomic E-state index is 0.185. The van der Waals surface area contributed by atoms with Gasteiger partial charge in [0, 0.05) is 0 Å². The van der Waals surface area contributed by atoms with E-state index in [0.29, 0.717) is 22.8 Å². The summed E-state index contributed by atoms with van der Waals surface area (Å²) in [5.74, 6) is 0.982. The maximum Gasteiger partial charge on any atom is 0.329 e. The Morgan fingerprint density at radius 2 is 1.59 bits per heavy atom. The van der Waals surface area contributed by atoms with Crippen LogP contribution >= 0.6 is 0 Å². The molecule has 1 heterocycles. The number of methoxy groups -OCH3 is 3. The zero-order valence-corrected chi connectivity index (χ0v) is 15.3. The zero-order valence-electron chi connectivity index (χ0n) is 15.3. The van der Waals surface area contributed by atoms with Gasteiger partial charge in [0.1, 0.15) is 5.70 Å². The highest BCUT2D eigenvalue weighted by molar-refractivity contribution is 6.13. The summed E-state index contributed by atoms with van der Waals surface area (Å²) in [6.07, 6.45) is 1.58. The summed E-state index contributed by atoms with van der Waals surface area (Å²) in [6, 6.07) is 12.3. The van der Waals surface area contributed by atoms with E-state index >= 15 is 0 Å². The first-order valence-electron chi connectivity index (χ1n) is 8.26. The van der Waals surface area contributed by atoms with E-state index in [4.69, 9.17) is 14.2 Å². The Kier molecular flexibility index (Phi) is 5.30. The van der Waals surface area contributed by atoms with Crippen LogP contribution in [0, 0.1) is 0 Å². The first-order valence-corrected chi connectivity index (χ1v) is 8.26. The number of imide groups is 1. The number of nitrogens with one attached hydrogen (secondary N) is 1. The standard InChI is InChI=1S/C20H20N2O5/c1-25-16-10-14(11-17(26-2)18(16)27-3)9-15-19(23)22(20(24)21-15)12-13-7-5-4-6-8-13/h4-11H,12H2,1-3H3,(H,21,24)/b15-9+. The smallest absolute Gasteiger partial charge is 0.329 e. The lowest BCUT2D eigenvalue weighted by Gasteiger charge is -2.13. The zero-order chi connectivity index (χ0) is 19.4. The first-order chi connectivity index (χ1) is 13.1. The number of rotatable bonds is 6. The van der Waals surface area contributed by atoms with Gasteiger partial charge >= 0.3 is 6.03 Å². The van der Waals surface area contributed by atoms with Crippen molar-refractivity contribution in [3.63, 3.8) is 0 Å². The van der Waals surface area contributed by atoms with Crippen molar-refractivity contribution < 1.29 is 23.8 Å². The van der Waals surface area contributed by atoms with Gasteiger partial charge in [0.05, 0.1) is 27.9 Å². The minimum atomic E-state index is -0.456. The highest BCUT2D eigenvalue weighted by Gasteiger charge is 2.33. The molecule has 0 aromatic heterocycles. The molecule has 1 saturated heterocycles. The normalized spacial score (nSPS) is 15.1. The molecule has 1 aliphatic rings. The van der Waals surface area contributed by atoms with Crippen molar-refractivity contribution in [2.45, 2.75) is 6.54 Å². The van der Waals surface area contributed by atoms with Crippen LogP contribution < -0.4 is 19.5 Å². The molecule has 3 amide bonds. The fourth-order valence-electron chi connectivity index (χ4n) is 2.83. The second-order valence-electron chi connectivity index (χ2n) is 5.82. The molecule has 1 fully saturated rings. The summed E-state index contributed by atoms with van der Waals surface area (Å²) in [5, 5.41) is 2.61. The van der Waals surface area contributed by atoms with Crippen molar-refractivity contribution in [3.8, 4) is 17.2 Å². The molecule has 0 aliphatic carbocycles. The number of carbonyl (C=O) groups excluding carboxylic acids is 2. The SMILES string of the molecule is COc1cc(/C=C2/NC(=O)N(Cc3ccccc3)C2=O)cc(OC)c1OC. The van der Waals surface area contributed by atoms with Gasteiger partial charge in [0.15, 0.2) is 11.5 Å². The second-order valence-corrected chi connectivity index (χ2v) is 5.82. The van der Waals surface area contributed by atoms with Gasteiger partial charge in [-0.05, 0) is 29.3 Å². The summed E-state index contributed by atoms with van der Waals surface area (Å²) >= 11 is 0. The molecule has 7 heteroatoms. The minimum Gasteiger partial charge on any atom is -0.493 e. The number of benzene rings is 2.